The van der Waals surface area contributed by atoms with Gasteiger partial charge in [-0.3, -0.25) is 14.5 Å². The predicted octanol–water partition coefficient (Wildman–Crippen LogP) is 6.14. The van der Waals surface area contributed by atoms with Crippen LogP contribution in [0.5, 0.6) is 0 Å². The van der Waals surface area contributed by atoms with Crippen LogP contribution < -0.4 is 10.7 Å². The van der Waals surface area contributed by atoms with Crippen LogP contribution in [-0.2, 0) is 4.79 Å². The highest BCUT2D eigenvalue weighted by Gasteiger charge is 2.23. The highest BCUT2D eigenvalue weighted by molar-refractivity contribution is 5.77. The van der Waals surface area contributed by atoms with Crippen LogP contribution in [0.4, 0.5) is 8.78 Å². The fraction of sp³-hybridized carbons (Fsp3) is 0.235. The maximum Gasteiger partial charge on any atom is 0.221 e. The van der Waals surface area contributed by atoms with Crippen molar-refractivity contribution in [1.29, 1.82) is 0 Å². The molecule has 1 saturated heterocycles. The van der Waals surface area contributed by atoms with Gasteiger partial charge in [-0.15, -0.1) is 0 Å². The second kappa shape index (κ2) is 13.3. The number of amides is 1. The molecule has 1 N–H and O–H groups in total. The Bertz CT molecular complexity index is 1460. The molecule has 1 aliphatic rings. The van der Waals surface area contributed by atoms with Gasteiger partial charge in [-0.05, 0) is 84.9 Å². The van der Waals surface area contributed by atoms with Crippen molar-refractivity contribution in [2.24, 2.45) is 5.92 Å². The summed E-state index contributed by atoms with van der Waals surface area (Å²) in [6.07, 6.45) is 10.1. The number of rotatable bonds is 9. The third-order valence-electron chi connectivity index (χ3n) is 7.56. The topological polar surface area (TPSA) is 54.3 Å². The predicted molar refractivity (Wildman–Crippen MR) is 158 cm³/mol. The zero-order valence-corrected chi connectivity index (χ0v) is 22.8. The number of piperidine rings is 1. The lowest BCUT2D eigenvalue weighted by Crippen LogP contribution is -2.36. The van der Waals surface area contributed by atoms with E-state index in [0.29, 0.717) is 6.42 Å². The smallest absolute Gasteiger partial charge is 0.221 e. The molecule has 0 saturated carbocycles. The van der Waals surface area contributed by atoms with Gasteiger partial charge in [0.15, 0.2) is 5.43 Å². The Morgan fingerprint density at radius 2 is 1.39 bits per heavy atom. The van der Waals surface area contributed by atoms with Gasteiger partial charge in [0.2, 0.25) is 5.91 Å². The minimum Gasteiger partial charge on any atom is -0.345 e. The van der Waals surface area contributed by atoms with E-state index >= 15 is 0 Å². The number of pyridine rings is 1. The second-order valence-electron chi connectivity index (χ2n) is 10.5. The van der Waals surface area contributed by atoms with Gasteiger partial charge in [0, 0.05) is 43.2 Å². The molecule has 1 amide bonds. The molecule has 1 fully saturated rings. The Kier molecular flexibility index (Phi) is 9.16. The van der Waals surface area contributed by atoms with Crippen LogP contribution in [-0.4, -0.2) is 35.0 Å². The normalized spacial score (nSPS) is 14.5. The Hall–Kier alpha value is -4.36. The van der Waals surface area contributed by atoms with Gasteiger partial charge in [0.25, 0.3) is 0 Å². The summed E-state index contributed by atoms with van der Waals surface area (Å²) in [6.45, 7) is 2.69. The van der Waals surface area contributed by atoms with Crippen molar-refractivity contribution < 1.29 is 13.6 Å². The van der Waals surface area contributed by atoms with Gasteiger partial charge in [0.1, 0.15) is 11.6 Å². The van der Waals surface area contributed by atoms with Crippen LogP contribution in [0.1, 0.15) is 42.0 Å². The molecule has 1 aromatic heterocycles. The molecule has 5 rings (SSSR count). The highest BCUT2D eigenvalue weighted by atomic mass is 19.1. The summed E-state index contributed by atoms with van der Waals surface area (Å²) in [5.41, 5.74) is 3.59. The SMILES string of the molecule is O=C(CC1CCN(C/C=C/c2ccc(-n3ccc(=O)cc3)cc2)CC1)NC(c1ccc(F)cc1)c1ccc(F)cc1. The number of carbonyl (C=O) groups is 1. The molecule has 0 bridgehead atoms. The van der Waals surface area contributed by atoms with Crippen molar-refractivity contribution in [2.75, 3.05) is 19.6 Å². The summed E-state index contributed by atoms with van der Waals surface area (Å²) in [4.78, 5) is 26.7. The molecule has 3 aromatic carbocycles. The maximum atomic E-state index is 13.5. The standard InChI is InChI=1S/C34H33F2N3O2/c35-29-9-5-27(6-10-29)34(28-7-11-30(36)12-8-28)37-33(41)24-26-15-20-38(21-16-26)19-1-2-25-3-13-31(14-4-25)39-22-17-32(40)18-23-39/h1-14,17-18,22-23,26,34H,15-16,19-21,24H2,(H,37,41)/b2-1+. The van der Waals surface area contributed by atoms with E-state index in [1.165, 1.54) is 24.3 Å². The van der Waals surface area contributed by atoms with Crippen LogP contribution in [0.15, 0.2) is 108 Å². The zero-order chi connectivity index (χ0) is 28.6. The first-order chi connectivity index (χ1) is 19.9. The molecule has 0 radical (unpaired) electrons. The van der Waals surface area contributed by atoms with Crippen molar-refractivity contribution in [3.63, 3.8) is 0 Å². The van der Waals surface area contributed by atoms with E-state index in [-0.39, 0.29) is 28.9 Å². The minimum atomic E-state index is -0.472. The summed E-state index contributed by atoms with van der Waals surface area (Å²) < 4.78 is 28.9. The molecule has 0 unspecified atom stereocenters. The quantitative estimate of drug-likeness (QED) is 0.271. The van der Waals surface area contributed by atoms with Gasteiger partial charge in [-0.2, -0.15) is 0 Å². The molecular weight excluding hydrogens is 520 g/mol. The number of carbonyl (C=O) groups excluding carboxylic acids is 1. The highest BCUT2D eigenvalue weighted by Crippen LogP contribution is 2.25. The summed E-state index contributed by atoms with van der Waals surface area (Å²) in [7, 11) is 0. The van der Waals surface area contributed by atoms with E-state index in [1.807, 2.05) is 16.7 Å². The lowest BCUT2D eigenvalue weighted by molar-refractivity contribution is -0.122. The monoisotopic (exact) mass is 553 g/mol. The van der Waals surface area contributed by atoms with Gasteiger partial charge in [0.05, 0.1) is 6.04 Å². The number of likely N-dealkylation sites (tertiary alicyclic amines) is 1. The molecule has 210 valence electrons. The van der Waals surface area contributed by atoms with Crippen LogP contribution >= 0.6 is 0 Å². The Balaban J connectivity index is 1.10. The van der Waals surface area contributed by atoms with E-state index in [0.717, 1.165) is 54.9 Å². The van der Waals surface area contributed by atoms with Crippen LogP contribution in [0, 0.1) is 17.6 Å². The maximum absolute atomic E-state index is 13.5. The summed E-state index contributed by atoms with van der Waals surface area (Å²) in [5.74, 6) is -0.466. The Morgan fingerprint density at radius 1 is 0.829 bits per heavy atom. The molecule has 5 nitrogen and oxygen atoms in total. The number of benzene rings is 3. The lowest BCUT2D eigenvalue weighted by Gasteiger charge is -2.31. The molecule has 41 heavy (non-hydrogen) atoms. The van der Waals surface area contributed by atoms with Crippen LogP contribution in [0.25, 0.3) is 11.8 Å². The second-order valence-corrected chi connectivity index (χ2v) is 10.5. The molecule has 4 aromatic rings. The molecular formula is C34H33F2N3O2. The van der Waals surface area contributed by atoms with Gasteiger partial charge >= 0.3 is 0 Å². The van der Waals surface area contributed by atoms with Crippen LogP contribution in [0.2, 0.25) is 0 Å². The molecule has 0 aliphatic carbocycles. The van der Waals surface area contributed by atoms with Gasteiger partial charge < -0.3 is 9.88 Å². The first-order valence-corrected chi connectivity index (χ1v) is 13.9. The van der Waals surface area contributed by atoms with E-state index in [2.05, 4.69) is 34.5 Å². The summed E-state index contributed by atoms with van der Waals surface area (Å²) >= 11 is 0. The number of aromatic nitrogens is 1. The average molecular weight is 554 g/mol. The van der Waals surface area contributed by atoms with E-state index < -0.39 is 6.04 Å². The van der Waals surface area contributed by atoms with Gasteiger partial charge in [-0.25, -0.2) is 8.78 Å². The molecule has 7 heteroatoms. The summed E-state index contributed by atoms with van der Waals surface area (Å²) in [6, 6.07) is 22.8. The fourth-order valence-electron chi connectivity index (χ4n) is 5.21. The summed E-state index contributed by atoms with van der Waals surface area (Å²) in [5, 5.41) is 3.09. The number of hydrogen-bond acceptors (Lipinski definition) is 3. The number of hydrogen-bond donors (Lipinski definition) is 1. The van der Waals surface area contributed by atoms with E-state index in [1.54, 1.807) is 48.8 Å². The lowest BCUT2D eigenvalue weighted by atomic mass is 9.92. The van der Waals surface area contributed by atoms with Crippen LogP contribution in [0.3, 0.4) is 0 Å². The largest absolute Gasteiger partial charge is 0.345 e. The average Bonchev–Trinajstić information content (AvgIpc) is 2.99. The van der Waals surface area contributed by atoms with Crippen molar-refractivity contribution in [3.05, 3.63) is 142 Å². The third-order valence-corrected chi connectivity index (χ3v) is 7.56. The third kappa shape index (κ3) is 7.86. The van der Waals surface area contributed by atoms with Crippen molar-refractivity contribution in [1.82, 2.24) is 14.8 Å². The van der Waals surface area contributed by atoms with Gasteiger partial charge in [-0.1, -0.05) is 48.6 Å². The van der Waals surface area contributed by atoms with Crippen molar-refractivity contribution in [3.8, 4) is 5.69 Å². The molecule has 0 atom stereocenters. The van der Waals surface area contributed by atoms with Crippen molar-refractivity contribution in [2.45, 2.75) is 25.3 Å². The molecule has 0 spiro atoms. The number of nitrogens with zero attached hydrogens (tertiary/aromatic N) is 2. The Labute approximate surface area is 238 Å². The number of nitrogens with one attached hydrogen (secondary N) is 1. The number of halogens is 2. The first kappa shape index (κ1) is 28.2. The Morgan fingerprint density at radius 3 is 1.95 bits per heavy atom. The fourth-order valence-corrected chi connectivity index (χ4v) is 5.21. The van der Waals surface area contributed by atoms with E-state index in [4.69, 9.17) is 0 Å². The van der Waals surface area contributed by atoms with Crippen molar-refractivity contribution >= 4 is 12.0 Å². The van der Waals surface area contributed by atoms with E-state index in [9.17, 15) is 18.4 Å². The molecule has 1 aliphatic heterocycles. The first-order valence-electron chi connectivity index (χ1n) is 13.9. The minimum absolute atomic E-state index is 0.00882. The zero-order valence-electron chi connectivity index (χ0n) is 22.8. The molecule has 2 heterocycles.